The third kappa shape index (κ3) is 6.10. The predicted molar refractivity (Wildman–Crippen MR) is 87.3 cm³/mol. The molecule has 0 aliphatic carbocycles. The number of rotatable bonds is 8. The summed E-state index contributed by atoms with van der Waals surface area (Å²) in [6, 6.07) is -0.115. The largest absolute Gasteiger partial charge is 0.501 e. The minimum absolute atomic E-state index is 0.380. The molecule has 26 heavy (non-hydrogen) atoms. The SMILES string of the molecule is O=C(NCCS(=O)(=O)CCO)Nc1cc(S(=O)(=O)O)cc([N+](=O)[O-])c1O. The van der Waals surface area contributed by atoms with E-state index in [1.54, 1.807) is 0 Å². The topological polar surface area (TPSA) is 213 Å². The predicted octanol–water partition coefficient (Wildman–Crippen LogP) is -0.924. The summed E-state index contributed by atoms with van der Waals surface area (Å²) >= 11 is 0. The van der Waals surface area contributed by atoms with Gasteiger partial charge in [0.25, 0.3) is 10.1 Å². The maximum Gasteiger partial charge on any atom is 0.319 e. The fourth-order valence-corrected chi connectivity index (χ4v) is 3.13. The van der Waals surface area contributed by atoms with E-state index in [4.69, 9.17) is 9.66 Å². The molecule has 0 aliphatic rings. The van der Waals surface area contributed by atoms with Crippen molar-refractivity contribution in [1.29, 1.82) is 0 Å². The maximum atomic E-state index is 11.7. The van der Waals surface area contributed by atoms with E-state index in [0.717, 1.165) is 0 Å². The minimum Gasteiger partial charge on any atom is -0.501 e. The number of nitro benzene ring substituents is 1. The maximum absolute atomic E-state index is 11.7. The molecule has 5 N–H and O–H groups in total. The fraction of sp³-hybridized carbons (Fsp3) is 0.364. The Bertz CT molecular complexity index is 910. The number of sulfone groups is 1. The molecule has 2 amide bonds. The van der Waals surface area contributed by atoms with Gasteiger partial charge in [0.2, 0.25) is 5.75 Å². The number of anilines is 1. The Balaban J connectivity index is 2.97. The lowest BCUT2D eigenvalue weighted by atomic mass is 10.2. The number of nitro groups is 1. The first-order chi connectivity index (χ1) is 11.9. The number of phenolic OH excluding ortho intramolecular Hbond substituents is 1. The highest BCUT2D eigenvalue weighted by Gasteiger charge is 2.24. The molecule has 0 saturated heterocycles. The molecule has 1 aromatic carbocycles. The van der Waals surface area contributed by atoms with Crippen LogP contribution in [0.3, 0.4) is 0 Å². The molecule has 0 aromatic heterocycles. The third-order valence-corrected chi connectivity index (χ3v) is 5.37. The van der Waals surface area contributed by atoms with E-state index in [9.17, 15) is 36.9 Å². The van der Waals surface area contributed by atoms with Crippen molar-refractivity contribution in [3.8, 4) is 5.75 Å². The van der Waals surface area contributed by atoms with Gasteiger partial charge in [-0.2, -0.15) is 8.42 Å². The first-order valence-corrected chi connectivity index (χ1v) is 9.98. The van der Waals surface area contributed by atoms with Crippen LogP contribution in [-0.4, -0.2) is 67.2 Å². The minimum atomic E-state index is -4.87. The Morgan fingerprint density at radius 1 is 1.19 bits per heavy atom. The normalized spacial score (nSPS) is 11.8. The van der Waals surface area contributed by atoms with Crippen LogP contribution in [0.1, 0.15) is 0 Å². The van der Waals surface area contributed by atoms with Crippen LogP contribution >= 0.6 is 0 Å². The Hall–Kier alpha value is -2.49. The van der Waals surface area contributed by atoms with Crippen molar-refractivity contribution in [2.24, 2.45) is 0 Å². The number of hydrogen-bond donors (Lipinski definition) is 5. The summed E-state index contributed by atoms with van der Waals surface area (Å²) in [5, 5.41) is 33.1. The number of aliphatic hydroxyl groups excluding tert-OH is 1. The molecule has 146 valence electrons. The fourth-order valence-electron chi connectivity index (χ4n) is 1.70. The van der Waals surface area contributed by atoms with Gasteiger partial charge in [-0.15, -0.1) is 0 Å². The van der Waals surface area contributed by atoms with Gasteiger partial charge in [0.05, 0.1) is 28.7 Å². The number of aromatic hydroxyl groups is 1. The highest BCUT2D eigenvalue weighted by molar-refractivity contribution is 7.91. The molecule has 1 rings (SSSR count). The van der Waals surface area contributed by atoms with Crippen molar-refractivity contribution < 1.29 is 41.3 Å². The molecule has 13 nitrogen and oxygen atoms in total. The number of urea groups is 1. The average molecular weight is 413 g/mol. The van der Waals surface area contributed by atoms with Crippen molar-refractivity contribution in [2.75, 3.05) is 30.0 Å². The quantitative estimate of drug-likeness (QED) is 0.153. The zero-order valence-electron chi connectivity index (χ0n) is 12.9. The van der Waals surface area contributed by atoms with Crippen molar-refractivity contribution in [2.45, 2.75) is 4.90 Å². The van der Waals surface area contributed by atoms with Crippen molar-refractivity contribution in [1.82, 2.24) is 5.32 Å². The van der Waals surface area contributed by atoms with Crippen LogP contribution in [-0.2, 0) is 20.0 Å². The summed E-state index contributed by atoms with van der Waals surface area (Å²) < 4.78 is 54.0. The second-order valence-corrected chi connectivity index (χ2v) is 8.55. The van der Waals surface area contributed by atoms with E-state index in [-0.39, 0.29) is 6.54 Å². The molecule has 15 heteroatoms. The first kappa shape index (κ1) is 21.6. The molecule has 1 aromatic rings. The Labute approximate surface area is 147 Å². The Morgan fingerprint density at radius 3 is 2.31 bits per heavy atom. The molecule has 0 spiro atoms. The number of hydrogen-bond acceptors (Lipinski definition) is 9. The van der Waals surface area contributed by atoms with E-state index >= 15 is 0 Å². The standard InChI is InChI=1S/C11H15N3O10S2/c15-2-4-25(20,21)3-1-12-11(17)13-8-5-7(26(22,23)24)6-9(10(8)16)14(18)19/h5-6,15-16H,1-4H2,(H2,12,13,17)(H,22,23,24). The highest BCUT2D eigenvalue weighted by Crippen LogP contribution is 2.36. The smallest absolute Gasteiger partial charge is 0.319 e. The van der Waals surface area contributed by atoms with Crippen LogP contribution in [0.15, 0.2) is 17.0 Å². The lowest BCUT2D eigenvalue weighted by Crippen LogP contribution is -2.33. The molecule has 0 radical (unpaired) electrons. The van der Waals surface area contributed by atoms with Gasteiger partial charge in [0.15, 0.2) is 9.84 Å². The van der Waals surface area contributed by atoms with Crippen molar-refractivity contribution in [3.05, 3.63) is 22.2 Å². The number of phenols is 1. The van der Waals surface area contributed by atoms with Gasteiger partial charge in [0, 0.05) is 12.6 Å². The Morgan fingerprint density at radius 2 is 1.81 bits per heavy atom. The van der Waals surface area contributed by atoms with Gasteiger partial charge in [-0.1, -0.05) is 0 Å². The number of amides is 2. The van der Waals surface area contributed by atoms with Crippen molar-refractivity contribution >= 4 is 37.4 Å². The second kappa shape index (κ2) is 8.26. The molecule has 0 heterocycles. The zero-order chi connectivity index (χ0) is 20.1. The summed E-state index contributed by atoms with van der Waals surface area (Å²) in [7, 11) is -8.46. The van der Waals surface area contributed by atoms with Gasteiger partial charge in [-0.05, 0) is 6.07 Å². The molecule has 0 aliphatic heterocycles. The van der Waals surface area contributed by atoms with Crippen LogP contribution < -0.4 is 10.6 Å². The van der Waals surface area contributed by atoms with E-state index < -0.39 is 71.0 Å². The summed E-state index contributed by atoms with van der Waals surface area (Å²) in [6.45, 7) is -0.969. The summed E-state index contributed by atoms with van der Waals surface area (Å²) in [4.78, 5) is 20.5. The van der Waals surface area contributed by atoms with Crippen LogP contribution in [0.5, 0.6) is 5.75 Å². The monoisotopic (exact) mass is 413 g/mol. The van der Waals surface area contributed by atoms with Crippen molar-refractivity contribution in [3.63, 3.8) is 0 Å². The second-order valence-electron chi connectivity index (χ2n) is 4.83. The first-order valence-electron chi connectivity index (χ1n) is 6.72. The molecule has 0 unspecified atom stereocenters. The zero-order valence-corrected chi connectivity index (χ0v) is 14.6. The van der Waals surface area contributed by atoms with Crippen LogP contribution in [0, 0.1) is 10.1 Å². The van der Waals surface area contributed by atoms with E-state index in [0.29, 0.717) is 12.1 Å². The number of nitrogens with zero attached hydrogens (tertiary/aromatic N) is 1. The Kier molecular flexibility index (Phi) is 6.85. The molecular weight excluding hydrogens is 398 g/mol. The number of aliphatic hydroxyl groups is 1. The van der Waals surface area contributed by atoms with E-state index in [2.05, 4.69) is 5.32 Å². The lowest BCUT2D eigenvalue weighted by molar-refractivity contribution is -0.386. The third-order valence-electron chi connectivity index (χ3n) is 2.91. The highest BCUT2D eigenvalue weighted by atomic mass is 32.2. The lowest BCUT2D eigenvalue weighted by Gasteiger charge is -2.10. The van der Waals surface area contributed by atoms with E-state index in [1.807, 2.05) is 5.32 Å². The van der Waals surface area contributed by atoms with Crippen LogP contribution in [0.2, 0.25) is 0 Å². The molecular formula is C11H15N3O10S2. The van der Waals surface area contributed by atoms with Crippen LogP contribution in [0.4, 0.5) is 16.2 Å². The number of benzene rings is 1. The number of carbonyl (C=O) groups is 1. The molecule has 0 atom stereocenters. The molecule has 0 saturated carbocycles. The summed E-state index contributed by atoms with van der Waals surface area (Å²) in [6.07, 6.45) is 0. The van der Waals surface area contributed by atoms with Gasteiger partial charge in [0.1, 0.15) is 4.90 Å². The van der Waals surface area contributed by atoms with Gasteiger partial charge >= 0.3 is 11.7 Å². The van der Waals surface area contributed by atoms with Crippen LogP contribution in [0.25, 0.3) is 0 Å². The molecule has 0 fully saturated rings. The van der Waals surface area contributed by atoms with Gasteiger partial charge in [-0.25, -0.2) is 13.2 Å². The summed E-state index contributed by atoms with van der Waals surface area (Å²) in [5.41, 5.74) is -1.77. The number of carbonyl (C=O) groups excluding carboxylic acids is 1. The average Bonchev–Trinajstić information content (AvgIpc) is 2.47. The summed E-state index contributed by atoms with van der Waals surface area (Å²) in [5.74, 6) is -2.07. The van der Waals surface area contributed by atoms with E-state index in [1.165, 1.54) is 0 Å². The van der Waals surface area contributed by atoms with Gasteiger partial charge in [-0.3, -0.25) is 14.7 Å². The van der Waals surface area contributed by atoms with Gasteiger partial charge < -0.3 is 20.8 Å². The molecule has 0 bridgehead atoms. The number of nitrogens with one attached hydrogen (secondary N) is 2.